The number of hydrogen-bond donors (Lipinski definition) is 3. The molecule has 2 amide bonds. The number of benzene rings is 1. The average molecular weight is 276 g/mol. The maximum Gasteiger partial charge on any atom is 0.319 e. The lowest BCUT2D eigenvalue weighted by molar-refractivity contribution is 0.234. The van der Waals surface area contributed by atoms with E-state index in [1.54, 1.807) is 0 Å². The van der Waals surface area contributed by atoms with E-state index < -0.39 is 0 Å². The molecule has 1 aliphatic heterocycles. The minimum absolute atomic E-state index is 0.130. The van der Waals surface area contributed by atoms with Gasteiger partial charge in [-0.15, -0.1) is 0 Å². The first kappa shape index (κ1) is 14.8. The summed E-state index contributed by atoms with van der Waals surface area (Å²) in [5.74, 6) is 0. The van der Waals surface area contributed by atoms with Gasteiger partial charge < -0.3 is 20.9 Å². The van der Waals surface area contributed by atoms with Gasteiger partial charge in [-0.3, -0.25) is 0 Å². The standard InChI is InChI=1S/C15H24N4O/c1-13-3-5-14(6-4-13)18-15(20)17-7-2-10-19-11-8-16-9-12-19/h3-6,16H,2,7-12H2,1H3,(H2,17,18,20). The molecule has 1 fully saturated rings. The lowest BCUT2D eigenvalue weighted by Crippen LogP contribution is -2.44. The van der Waals surface area contributed by atoms with Crippen LogP contribution >= 0.6 is 0 Å². The number of carbonyl (C=O) groups is 1. The van der Waals surface area contributed by atoms with E-state index in [-0.39, 0.29) is 6.03 Å². The molecule has 0 saturated carbocycles. The van der Waals surface area contributed by atoms with E-state index in [1.165, 1.54) is 5.56 Å². The first-order valence-electron chi connectivity index (χ1n) is 7.28. The van der Waals surface area contributed by atoms with Crippen LogP contribution in [0.5, 0.6) is 0 Å². The largest absolute Gasteiger partial charge is 0.338 e. The number of amides is 2. The topological polar surface area (TPSA) is 56.4 Å². The maximum absolute atomic E-state index is 11.7. The van der Waals surface area contributed by atoms with Crippen molar-refractivity contribution in [2.24, 2.45) is 0 Å². The first-order chi connectivity index (χ1) is 9.74. The molecule has 20 heavy (non-hydrogen) atoms. The molecule has 3 N–H and O–H groups in total. The van der Waals surface area contributed by atoms with Crippen LogP contribution in [0.15, 0.2) is 24.3 Å². The number of piperazine rings is 1. The second kappa shape index (κ2) is 7.87. The SMILES string of the molecule is Cc1ccc(NC(=O)NCCCN2CCNCC2)cc1. The molecular formula is C15H24N4O. The summed E-state index contributed by atoms with van der Waals surface area (Å²) in [6.07, 6.45) is 0.987. The molecule has 1 aliphatic rings. The third-order valence-electron chi connectivity index (χ3n) is 3.46. The van der Waals surface area contributed by atoms with Gasteiger partial charge in [-0.25, -0.2) is 4.79 Å². The third-order valence-corrected chi connectivity index (χ3v) is 3.46. The number of urea groups is 1. The molecule has 0 atom stereocenters. The molecule has 5 nitrogen and oxygen atoms in total. The van der Waals surface area contributed by atoms with Crippen LogP contribution in [0.2, 0.25) is 0 Å². The number of nitrogens with one attached hydrogen (secondary N) is 3. The van der Waals surface area contributed by atoms with E-state index in [0.29, 0.717) is 6.54 Å². The number of carbonyl (C=O) groups excluding carboxylic acids is 1. The summed E-state index contributed by atoms with van der Waals surface area (Å²) < 4.78 is 0. The Morgan fingerprint density at radius 3 is 2.65 bits per heavy atom. The monoisotopic (exact) mass is 276 g/mol. The Kier molecular flexibility index (Phi) is 5.83. The molecular weight excluding hydrogens is 252 g/mol. The van der Waals surface area contributed by atoms with E-state index in [2.05, 4.69) is 20.9 Å². The van der Waals surface area contributed by atoms with E-state index in [9.17, 15) is 4.79 Å². The highest BCUT2D eigenvalue weighted by atomic mass is 16.2. The molecule has 1 heterocycles. The molecule has 1 aromatic rings. The molecule has 0 aromatic heterocycles. The normalized spacial score (nSPS) is 15.8. The zero-order valence-electron chi connectivity index (χ0n) is 12.1. The fourth-order valence-electron chi connectivity index (χ4n) is 2.25. The number of nitrogens with zero attached hydrogens (tertiary/aromatic N) is 1. The zero-order chi connectivity index (χ0) is 14.2. The molecule has 0 aliphatic carbocycles. The second-order valence-corrected chi connectivity index (χ2v) is 5.19. The van der Waals surface area contributed by atoms with Crippen LogP contribution in [0.25, 0.3) is 0 Å². The van der Waals surface area contributed by atoms with Crippen molar-refractivity contribution in [3.05, 3.63) is 29.8 Å². The predicted octanol–water partition coefficient (Wildman–Crippen LogP) is 1.41. The molecule has 0 unspecified atom stereocenters. The van der Waals surface area contributed by atoms with E-state index in [0.717, 1.165) is 44.8 Å². The number of hydrogen-bond acceptors (Lipinski definition) is 3. The van der Waals surface area contributed by atoms with Crippen LogP contribution in [0, 0.1) is 6.92 Å². The summed E-state index contributed by atoms with van der Waals surface area (Å²) >= 11 is 0. The molecule has 5 heteroatoms. The van der Waals surface area contributed by atoms with Crippen LogP contribution in [0.4, 0.5) is 10.5 Å². The number of anilines is 1. The molecule has 2 rings (SSSR count). The predicted molar refractivity (Wildman–Crippen MR) is 82.1 cm³/mol. The smallest absolute Gasteiger partial charge is 0.319 e. The van der Waals surface area contributed by atoms with Crippen molar-refractivity contribution in [2.45, 2.75) is 13.3 Å². The summed E-state index contributed by atoms with van der Waals surface area (Å²) in [6, 6.07) is 7.67. The van der Waals surface area contributed by atoms with E-state index >= 15 is 0 Å². The Morgan fingerprint density at radius 2 is 1.95 bits per heavy atom. The molecule has 0 spiro atoms. The highest BCUT2D eigenvalue weighted by Gasteiger charge is 2.08. The van der Waals surface area contributed by atoms with Crippen molar-refractivity contribution in [3.63, 3.8) is 0 Å². The molecule has 0 radical (unpaired) electrons. The fourth-order valence-corrected chi connectivity index (χ4v) is 2.25. The Labute approximate surface area is 120 Å². The van der Waals surface area contributed by atoms with Crippen LogP contribution in [0.3, 0.4) is 0 Å². The van der Waals surface area contributed by atoms with Crippen LogP contribution < -0.4 is 16.0 Å². The summed E-state index contributed by atoms with van der Waals surface area (Å²) in [5, 5.41) is 9.06. The summed E-state index contributed by atoms with van der Waals surface area (Å²) in [4.78, 5) is 14.1. The van der Waals surface area contributed by atoms with Gasteiger partial charge in [0.15, 0.2) is 0 Å². The molecule has 110 valence electrons. The second-order valence-electron chi connectivity index (χ2n) is 5.19. The van der Waals surface area contributed by atoms with Crippen molar-refractivity contribution < 1.29 is 4.79 Å². The molecule has 0 bridgehead atoms. The van der Waals surface area contributed by atoms with Crippen molar-refractivity contribution >= 4 is 11.7 Å². The minimum atomic E-state index is -0.130. The average Bonchev–Trinajstić information content (AvgIpc) is 2.47. The van der Waals surface area contributed by atoms with Gasteiger partial charge in [-0.1, -0.05) is 17.7 Å². The van der Waals surface area contributed by atoms with Gasteiger partial charge in [0.1, 0.15) is 0 Å². The van der Waals surface area contributed by atoms with Gasteiger partial charge in [0, 0.05) is 38.4 Å². The van der Waals surface area contributed by atoms with E-state index in [4.69, 9.17) is 0 Å². The lowest BCUT2D eigenvalue weighted by Gasteiger charge is -2.27. The summed E-state index contributed by atoms with van der Waals surface area (Å²) in [5.41, 5.74) is 2.02. The number of rotatable bonds is 5. The molecule has 1 saturated heterocycles. The Morgan fingerprint density at radius 1 is 1.25 bits per heavy atom. The van der Waals surface area contributed by atoms with E-state index in [1.807, 2.05) is 31.2 Å². The van der Waals surface area contributed by atoms with Crippen LogP contribution in [-0.4, -0.2) is 50.2 Å². The van der Waals surface area contributed by atoms with Crippen LogP contribution in [0.1, 0.15) is 12.0 Å². The lowest BCUT2D eigenvalue weighted by atomic mass is 10.2. The maximum atomic E-state index is 11.7. The van der Waals surface area contributed by atoms with Crippen molar-refractivity contribution in [2.75, 3.05) is 44.6 Å². The summed E-state index contributed by atoms with van der Waals surface area (Å²) in [7, 11) is 0. The van der Waals surface area contributed by atoms with Gasteiger partial charge in [0.2, 0.25) is 0 Å². The summed E-state index contributed by atoms with van der Waals surface area (Å²) in [6.45, 7) is 8.14. The highest BCUT2D eigenvalue weighted by Crippen LogP contribution is 2.07. The van der Waals surface area contributed by atoms with Crippen molar-refractivity contribution in [3.8, 4) is 0 Å². The third kappa shape index (κ3) is 5.19. The fraction of sp³-hybridized carbons (Fsp3) is 0.533. The molecule has 1 aromatic carbocycles. The van der Waals surface area contributed by atoms with Gasteiger partial charge in [-0.2, -0.15) is 0 Å². The van der Waals surface area contributed by atoms with Gasteiger partial charge in [-0.05, 0) is 32.0 Å². The minimum Gasteiger partial charge on any atom is -0.338 e. The van der Waals surface area contributed by atoms with Gasteiger partial charge >= 0.3 is 6.03 Å². The van der Waals surface area contributed by atoms with Crippen molar-refractivity contribution in [1.29, 1.82) is 0 Å². The number of aryl methyl sites for hydroxylation is 1. The van der Waals surface area contributed by atoms with Crippen LogP contribution in [-0.2, 0) is 0 Å². The Balaban J connectivity index is 1.59. The first-order valence-corrected chi connectivity index (χ1v) is 7.28. The highest BCUT2D eigenvalue weighted by molar-refractivity contribution is 5.89. The van der Waals surface area contributed by atoms with Crippen molar-refractivity contribution in [1.82, 2.24) is 15.5 Å². The van der Waals surface area contributed by atoms with Gasteiger partial charge in [0.25, 0.3) is 0 Å². The Hall–Kier alpha value is -1.59. The zero-order valence-corrected chi connectivity index (χ0v) is 12.1. The Bertz CT molecular complexity index is 412. The van der Waals surface area contributed by atoms with Gasteiger partial charge in [0.05, 0.1) is 0 Å². The quantitative estimate of drug-likeness (QED) is 0.713.